The second kappa shape index (κ2) is 12.5. The Morgan fingerprint density at radius 2 is 1.57 bits per heavy atom. The van der Waals surface area contributed by atoms with Crippen LogP contribution in [0.2, 0.25) is 0 Å². The average molecular weight is 307 g/mol. The Balaban J connectivity index is 2.09. The summed E-state index contributed by atoms with van der Waals surface area (Å²) in [5.41, 5.74) is 0.915. The van der Waals surface area contributed by atoms with Gasteiger partial charge in [0.2, 0.25) is 0 Å². The first-order valence-corrected chi connectivity index (χ1v) is 8.33. The molecule has 2 heteroatoms. The number of allylic oxidation sites excluding steroid dienone is 2. The lowest BCUT2D eigenvalue weighted by molar-refractivity contribution is 0.538. The number of hydrogen-bond acceptors (Lipinski definition) is 0. The highest BCUT2D eigenvalue weighted by Gasteiger charge is 1.95. The van der Waals surface area contributed by atoms with Gasteiger partial charge in [0, 0.05) is 17.5 Å². The zero-order chi connectivity index (χ0) is 15.2. The minimum Gasteiger partial charge on any atom is -0.211 e. The maximum absolute atomic E-state index is 13.5. The molecule has 1 aromatic rings. The third-order valence-corrected chi connectivity index (χ3v) is 3.54. The van der Waals surface area contributed by atoms with Gasteiger partial charge in [-0.25, -0.2) is 4.39 Å². The summed E-state index contributed by atoms with van der Waals surface area (Å²) in [7, 11) is 0. The van der Waals surface area contributed by atoms with Gasteiger partial charge in [-0.3, -0.25) is 0 Å². The topological polar surface area (TPSA) is 0 Å². The summed E-state index contributed by atoms with van der Waals surface area (Å²) in [5, 5.41) is 0. The van der Waals surface area contributed by atoms with Crippen LogP contribution in [-0.4, -0.2) is 5.88 Å². The molecule has 1 rings (SSSR count). The molecule has 0 bridgehead atoms. The standard InChI is InChI=1S/C19H24ClF/c20-17-10-5-3-1-2-4-9-15-19(21)16-11-14-18-12-7-6-8-13-18/h6-8,12-13,16H,1-5,9-10,15,17H2/b19-16+. The van der Waals surface area contributed by atoms with Crippen LogP contribution in [0.25, 0.3) is 0 Å². The first-order chi connectivity index (χ1) is 10.3. The van der Waals surface area contributed by atoms with E-state index in [9.17, 15) is 4.39 Å². The van der Waals surface area contributed by atoms with E-state index in [1.54, 1.807) is 0 Å². The third-order valence-electron chi connectivity index (χ3n) is 3.27. The van der Waals surface area contributed by atoms with Crippen molar-refractivity contribution in [2.45, 2.75) is 51.4 Å². The molecular weight excluding hydrogens is 283 g/mol. The molecule has 0 saturated heterocycles. The van der Waals surface area contributed by atoms with E-state index in [1.807, 2.05) is 30.3 Å². The lowest BCUT2D eigenvalue weighted by Crippen LogP contribution is -1.82. The third kappa shape index (κ3) is 10.2. The van der Waals surface area contributed by atoms with Gasteiger partial charge in [-0.05, 0) is 31.4 Å². The van der Waals surface area contributed by atoms with Crippen molar-refractivity contribution in [2.75, 3.05) is 5.88 Å². The first kappa shape index (κ1) is 17.8. The molecular formula is C19H24ClF. The van der Waals surface area contributed by atoms with Crippen LogP contribution in [-0.2, 0) is 0 Å². The summed E-state index contributed by atoms with van der Waals surface area (Å²) in [6, 6.07) is 9.64. The molecule has 0 nitrogen and oxygen atoms in total. The minimum atomic E-state index is -0.111. The second-order valence-electron chi connectivity index (χ2n) is 5.14. The molecule has 0 heterocycles. The van der Waals surface area contributed by atoms with Crippen molar-refractivity contribution in [3.05, 3.63) is 47.8 Å². The monoisotopic (exact) mass is 306 g/mol. The number of unbranched alkanes of at least 4 members (excludes halogenated alkanes) is 6. The summed E-state index contributed by atoms with van der Waals surface area (Å²) in [6.45, 7) is 0. The fourth-order valence-corrected chi connectivity index (χ4v) is 2.25. The van der Waals surface area contributed by atoms with Gasteiger partial charge in [-0.2, -0.15) is 0 Å². The Labute approximate surface area is 133 Å². The van der Waals surface area contributed by atoms with E-state index in [4.69, 9.17) is 11.6 Å². The molecule has 1 aromatic carbocycles. The van der Waals surface area contributed by atoms with Crippen molar-refractivity contribution in [3.63, 3.8) is 0 Å². The molecule has 0 radical (unpaired) electrons. The molecule has 0 spiro atoms. The van der Waals surface area contributed by atoms with Crippen LogP contribution in [0.4, 0.5) is 4.39 Å². The molecule has 0 aliphatic carbocycles. The van der Waals surface area contributed by atoms with Gasteiger partial charge in [-0.1, -0.05) is 62.1 Å². The van der Waals surface area contributed by atoms with Crippen LogP contribution in [0.5, 0.6) is 0 Å². The average Bonchev–Trinajstić information content (AvgIpc) is 2.51. The van der Waals surface area contributed by atoms with E-state index in [0.29, 0.717) is 6.42 Å². The van der Waals surface area contributed by atoms with Gasteiger partial charge in [0.05, 0.1) is 0 Å². The molecule has 114 valence electrons. The van der Waals surface area contributed by atoms with E-state index in [-0.39, 0.29) is 5.83 Å². The zero-order valence-corrected chi connectivity index (χ0v) is 13.3. The van der Waals surface area contributed by atoms with Crippen LogP contribution in [0.1, 0.15) is 56.9 Å². The molecule has 0 saturated carbocycles. The second-order valence-corrected chi connectivity index (χ2v) is 5.52. The van der Waals surface area contributed by atoms with Gasteiger partial charge in [0.1, 0.15) is 5.83 Å². The molecule has 0 N–H and O–H groups in total. The molecule has 0 aliphatic rings. The predicted molar refractivity (Wildman–Crippen MR) is 90.2 cm³/mol. The van der Waals surface area contributed by atoms with Gasteiger partial charge in [-0.15, -0.1) is 11.6 Å². The normalized spacial score (nSPS) is 11.0. The fourth-order valence-electron chi connectivity index (χ4n) is 2.06. The van der Waals surface area contributed by atoms with Crippen molar-refractivity contribution < 1.29 is 4.39 Å². The highest BCUT2D eigenvalue weighted by atomic mass is 35.5. The fraction of sp³-hybridized carbons (Fsp3) is 0.474. The molecule has 0 atom stereocenters. The van der Waals surface area contributed by atoms with Crippen LogP contribution in [0, 0.1) is 11.8 Å². The Morgan fingerprint density at radius 1 is 0.952 bits per heavy atom. The highest BCUT2D eigenvalue weighted by Crippen LogP contribution is 2.13. The Kier molecular flexibility index (Phi) is 10.6. The maximum atomic E-state index is 13.5. The summed E-state index contributed by atoms with van der Waals surface area (Å²) in [5.74, 6) is 6.36. The number of halogens is 2. The van der Waals surface area contributed by atoms with Crippen molar-refractivity contribution in [1.29, 1.82) is 0 Å². The van der Waals surface area contributed by atoms with Crippen LogP contribution in [0.15, 0.2) is 42.2 Å². The van der Waals surface area contributed by atoms with Crippen molar-refractivity contribution in [1.82, 2.24) is 0 Å². The SMILES string of the molecule is F/C(=C/C#Cc1ccccc1)CCCCCCCCCCl. The van der Waals surface area contributed by atoms with Crippen molar-refractivity contribution in [2.24, 2.45) is 0 Å². The number of alkyl halides is 1. The lowest BCUT2D eigenvalue weighted by Gasteiger charge is -2.00. The molecule has 0 aromatic heterocycles. The van der Waals surface area contributed by atoms with Crippen molar-refractivity contribution in [3.8, 4) is 11.8 Å². The summed E-state index contributed by atoms with van der Waals surface area (Å²) >= 11 is 5.62. The summed E-state index contributed by atoms with van der Waals surface area (Å²) < 4.78 is 13.5. The van der Waals surface area contributed by atoms with E-state index in [0.717, 1.165) is 30.7 Å². The number of hydrogen-bond donors (Lipinski definition) is 0. The Hall–Kier alpha value is -1.26. The zero-order valence-electron chi connectivity index (χ0n) is 12.6. The summed E-state index contributed by atoms with van der Waals surface area (Å²) in [4.78, 5) is 0. The van der Waals surface area contributed by atoms with Crippen LogP contribution < -0.4 is 0 Å². The quantitative estimate of drug-likeness (QED) is 0.287. The predicted octanol–water partition coefficient (Wildman–Crippen LogP) is 6.25. The van der Waals surface area contributed by atoms with Gasteiger partial charge < -0.3 is 0 Å². The largest absolute Gasteiger partial charge is 0.211 e. The summed E-state index contributed by atoms with van der Waals surface area (Å²) in [6.07, 6.45) is 9.89. The molecule has 0 fully saturated rings. The Bertz CT molecular complexity index is 453. The van der Waals surface area contributed by atoms with E-state index in [1.165, 1.54) is 31.8 Å². The van der Waals surface area contributed by atoms with Crippen LogP contribution >= 0.6 is 11.6 Å². The number of rotatable bonds is 9. The highest BCUT2D eigenvalue weighted by molar-refractivity contribution is 6.17. The molecule has 0 amide bonds. The van der Waals surface area contributed by atoms with Gasteiger partial charge in [0.15, 0.2) is 0 Å². The minimum absolute atomic E-state index is 0.111. The molecule has 0 aliphatic heterocycles. The molecule has 21 heavy (non-hydrogen) atoms. The van der Waals surface area contributed by atoms with Gasteiger partial charge in [0.25, 0.3) is 0 Å². The van der Waals surface area contributed by atoms with Crippen LogP contribution in [0.3, 0.4) is 0 Å². The van der Waals surface area contributed by atoms with Gasteiger partial charge >= 0.3 is 0 Å². The number of benzene rings is 1. The molecule has 0 unspecified atom stereocenters. The van der Waals surface area contributed by atoms with E-state index in [2.05, 4.69) is 11.8 Å². The van der Waals surface area contributed by atoms with E-state index < -0.39 is 0 Å². The van der Waals surface area contributed by atoms with E-state index >= 15 is 0 Å². The van der Waals surface area contributed by atoms with Crippen molar-refractivity contribution >= 4 is 11.6 Å². The Morgan fingerprint density at radius 3 is 2.24 bits per heavy atom. The lowest BCUT2D eigenvalue weighted by atomic mass is 10.1. The smallest absolute Gasteiger partial charge is 0.108 e. The maximum Gasteiger partial charge on any atom is 0.108 e. The first-order valence-electron chi connectivity index (χ1n) is 7.80.